The molecule has 25 nitrogen and oxygen atoms in total. The minimum atomic E-state index is -0.342. The topological polar surface area (TPSA) is 327 Å². The SMILES string of the molecule is COc1cc(/C=C2\c3ccc(F)cc3C(CC(=O)NCc3ccccn3)C2C)cc(OC)c1O.COc1cc(/C=C2\c3ccc(F)cc3C(CC(=O)NCc3cnccn3)C2C)cc(OC)c1O.COc1cc(CC2c3ccc(C)cc3C(CC(=O)NCc3ccccc3)C2C)cc(OC)c1O.[C-]#[N+]c1ccc2c(c1)C(CC(=O)NCc1ccccn1)C(C)/C2=C/c1cc(OC)c(O)c(OC)c1. The molecule has 27 heteroatoms. The van der Waals surface area contributed by atoms with Crippen LogP contribution in [0, 0.1) is 48.8 Å². The fraction of sp³-hybridized carbons (Fsp3) is 0.282. The first kappa shape index (κ1) is 98.9. The van der Waals surface area contributed by atoms with E-state index in [2.05, 4.69) is 85.0 Å². The molecule has 0 saturated heterocycles. The summed E-state index contributed by atoms with van der Waals surface area (Å²) in [7, 11) is 11.9. The van der Waals surface area contributed by atoms with Gasteiger partial charge in [-0.25, -0.2) is 13.6 Å². The number of rotatable bonds is 29. The van der Waals surface area contributed by atoms with Gasteiger partial charge in [-0.1, -0.05) is 142 Å². The van der Waals surface area contributed by atoms with Crippen LogP contribution in [0.1, 0.15) is 178 Å². The summed E-state index contributed by atoms with van der Waals surface area (Å²) in [5.41, 5.74) is 19.4. The monoisotopic (exact) mass is 1850 g/mol. The van der Waals surface area contributed by atoms with Crippen molar-refractivity contribution in [2.75, 3.05) is 56.9 Å². The Labute approximate surface area is 796 Å². The van der Waals surface area contributed by atoms with Crippen LogP contribution in [0.15, 0.2) is 219 Å². The summed E-state index contributed by atoms with van der Waals surface area (Å²) in [6.07, 6.45) is 16.0. The van der Waals surface area contributed by atoms with Crippen LogP contribution < -0.4 is 59.2 Å². The van der Waals surface area contributed by atoms with Gasteiger partial charge in [0.25, 0.3) is 0 Å². The van der Waals surface area contributed by atoms with Crippen molar-refractivity contribution in [3.8, 4) is 69.0 Å². The number of aromatic nitrogens is 4. The van der Waals surface area contributed by atoms with E-state index in [1.807, 2.05) is 123 Å². The zero-order chi connectivity index (χ0) is 97.7. The van der Waals surface area contributed by atoms with Crippen LogP contribution in [0.3, 0.4) is 0 Å². The predicted octanol–water partition coefficient (Wildman–Crippen LogP) is 20.1. The van der Waals surface area contributed by atoms with Gasteiger partial charge in [-0.3, -0.25) is 39.1 Å². The molecule has 3 aromatic heterocycles. The third kappa shape index (κ3) is 23.8. The highest BCUT2D eigenvalue weighted by molar-refractivity contribution is 5.93. The Morgan fingerprint density at radius 3 is 1.12 bits per heavy atom. The number of methoxy groups -OCH3 is 8. The second-order valence-corrected chi connectivity index (χ2v) is 34.2. The highest BCUT2D eigenvalue weighted by Gasteiger charge is 2.42. The first-order valence-corrected chi connectivity index (χ1v) is 45.0. The number of pyridine rings is 2. The maximum atomic E-state index is 14.2. The molecule has 0 fully saturated rings. The average Bonchev–Trinajstić information content (AvgIpc) is 1.62. The zero-order valence-electron chi connectivity index (χ0n) is 78.8. The average molecular weight is 1860 g/mol. The van der Waals surface area contributed by atoms with Crippen molar-refractivity contribution in [3.63, 3.8) is 0 Å². The van der Waals surface area contributed by atoms with Gasteiger partial charge >= 0.3 is 0 Å². The van der Waals surface area contributed by atoms with E-state index in [0.717, 1.165) is 95.7 Å². The molecule has 708 valence electrons. The molecule has 4 aliphatic carbocycles. The molecule has 4 amide bonds. The number of ether oxygens (including phenoxy) is 8. The van der Waals surface area contributed by atoms with Gasteiger partial charge in [0.1, 0.15) is 11.6 Å². The molecule has 9 aromatic carbocycles. The van der Waals surface area contributed by atoms with Gasteiger partial charge in [0.05, 0.1) is 106 Å². The number of carbonyl (C=O) groups excluding carboxylic acids is 4. The Hall–Kier alpha value is -15.6. The number of carbonyl (C=O) groups is 4. The van der Waals surface area contributed by atoms with E-state index in [1.54, 1.807) is 99.8 Å². The number of nitrogens with zero attached hydrogens (tertiary/aromatic N) is 5. The van der Waals surface area contributed by atoms with Crippen molar-refractivity contribution in [1.82, 2.24) is 41.2 Å². The van der Waals surface area contributed by atoms with Crippen LogP contribution in [-0.4, -0.2) is 121 Å². The summed E-state index contributed by atoms with van der Waals surface area (Å²) in [6, 6.07) is 56.8. The molecular weight excluding hydrogens is 1740 g/mol. The summed E-state index contributed by atoms with van der Waals surface area (Å²) in [5, 5.41) is 52.9. The number of phenolic OH excluding ortho intramolecular Hbond substituents is 4. The smallest absolute Gasteiger partial charge is 0.220 e. The quantitative estimate of drug-likeness (QED) is 0.0202. The number of aromatic hydroxyl groups is 4. The highest BCUT2D eigenvalue weighted by Crippen LogP contribution is 2.55. The molecular formula is C110H113F2N9O16. The third-order valence-electron chi connectivity index (χ3n) is 25.8. The van der Waals surface area contributed by atoms with E-state index in [4.69, 9.17) is 44.5 Å². The number of amides is 4. The van der Waals surface area contributed by atoms with E-state index >= 15 is 0 Å². The first-order valence-electron chi connectivity index (χ1n) is 45.0. The molecule has 0 saturated carbocycles. The fourth-order valence-electron chi connectivity index (χ4n) is 18.6. The Morgan fingerprint density at radius 2 is 0.737 bits per heavy atom. The van der Waals surface area contributed by atoms with Crippen molar-refractivity contribution in [2.24, 2.45) is 23.7 Å². The molecule has 0 radical (unpaired) electrons. The van der Waals surface area contributed by atoms with Gasteiger partial charge in [-0.05, 0) is 253 Å². The number of phenols is 4. The fourth-order valence-corrected chi connectivity index (χ4v) is 18.6. The maximum Gasteiger partial charge on any atom is 0.220 e. The van der Waals surface area contributed by atoms with Crippen molar-refractivity contribution in [2.45, 2.75) is 122 Å². The van der Waals surface area contributed by atoms with Gasteiger partial charge in [0.2, 0.25) is 46.6 Å². The second-order valence-electron chi connectivity index (χ2n) is 34.2. The van der Waals surface area contributed by atoms with Gasteiger partial charge in [-0.2, -0.15) is 0 Å². The van der Waals surface area contributed by atoms with Crippen molar-refractivity contribution in [3.05, 3.63) is 337 Å². The Balaban J connectivity index is 0.000000154. The number of allylic oxidation sites excluding steroid dienone is 3. The minimum Gasteiger partial charge on any atom is -0.502 e. The Bertz CT molecular complexity index is 6180. The van der Waals surface area contributed by atoms with Crippen molar-refractivity contribution in [1.29, 1.82) is 0 Å². The number of hydrogen-bond acceptors (Lipinski definition) is 20. The lowest BCUT2D eigenvalue weighted by atomic mass is 9.83. The number of benzene rings is 9. The van der Waals surface area contributed by atoms with Crippen LogP contribution >= 0.6 is 0 Å². The standard InChI is InChI=1S/C29H33NO4.C28H27N3O4.C27H27FN2O4.C26H26FN3O4/c1-18-10-11-22-23(13-21-14-26(33-3)29(32)27(15-21)34-4)19(2)24(25(22)12-18)16-28(31)30-17-20-8-6-5-7-9-20;1-17-22(11-18-12-25(34-3)28(33)26(13-18)35-4)21-9-8-19(29-2)14-24(21)23(17)15-27(32)31-16-20-7-5-6-10-30-20;1-16-21(10-17-11-24(33-2)27(32)25(12-17)34-3)20-8-7-18(28)13-23(20)22(16)14-26(31)30-15-19-6-4-5-9-29-19;1-15-20(8-16-9-23(33-2)26(32)24(10-16)34-3)19-5-4-17(27)11-22(19)21(15)12-25(31)30-14-18-13-28-6-7-29-18/h5-12,14-15,19,23-24,32H,13,16-17H2,1-4H3,(H,30,31);5-14,17,23,33H,15-16H2,1,3-4H3,(H,31,32);4-13,16,22,32H,14-15H2,1-3H3,(H,30,31);4-11,13,15,21,32H,12,14H2,1-3H3,(H,30,31)/b;22-11-;21-10-;20-8-. The minimum absolute atomic E-state index is 0.0113. The number of fused-ring (bicyclic) bond motifs is 4. The van der Waals surface area contributed by atoms with Gasteiger partial charge < -0.3 is 79.6 Å². The molecule has 137 heavy (non-hydrogen) atoms. The van der Waals surface area contributed by atoms with Crippen molar-refractivity contribution < 1.29 is 86.3 Å². The molecule has 9 unspecified atom stereocenters. The third-order valence-corrected chi connectivity index (χ3v) is 25.8. The molecule has 9 atom stereocenters. The van der Waals surface area contributed by atoms with Crippen LogP contribution in [0.2, 0.25) is 0 Å². The second kappa shape index (κ2) is 45.9. The van der Waals surface area contributed by atoms with E-state index in [9.17, 15) is 48.4 Å². The lowest BCUT2D eigenvalue weighted by molar-refractivity contribution is -0.122. The normalized spacial score (nSPS) is 18.1. The summed E-state index contributed by atoms with van der Waals surface area (Å²) in [5.74, 6) is 1.63. The molecule has 4 aliphatic rings. The molecule has 8 N–H and O–H groups in total. The van der Waals surface area contributed by atoms with Gasteiger partial charge in [0, 0.05) is 57.0 Å². The molecule has 0 spiro atoms. The Morgan fingerprint density at radius 1 is 0.372 bits per heavy atom. The predicted molar refractivity (Wildman–Crippen MR) is 522 cm³/mol. The molecule has 16 rings (SSSR count). The van der Waals surface area contributed by atoms with Crippen LogP contribution in [0.25, 0.3) is 39.8 Å². The van der Waals surface area contributed by atoms with E-state index < -0.39 is 0 Å². The largest absolute Gasteiger partial charge is 0.502 e. The summed E-state index contributed by atoms with van der Waals surface area (Å²) < 4.78 is 70.8. The van der Waals surface area contributed by atoms with Gasteiger partial charge in [-0.15, -0.1) is 0 Å². The summed E-state index contributed by atoms with van der Waals surface area (Å²) in [4.78, 5) is 71.5. The van der Waals surface area contributed by atoms with Gasteiger partial charge in [0.15, 0.2) is 51.7 Å². The van der Waals surface area contributed by atoms with Crippen molar-refractivity contribution >= 4 is 64.3 Å². The first-order chi connectivity index (χ1) is 66.2. The molecule has 3 heterocycles. The van der Waals surface area contributed by atoms with E-state index in [-0.39, 0.29) is 142 Å². The van der Waals surface area contributed by atoms with E-state index in [1.165, 1.54) is 83.6 Å². The number of nitrogens with one attached hydrogen (secondary N) is 4. The Kier molecular flexibility index (Phi) is 33.1. The molecule has 0 aliphatic heterocycles. The summed E-state index contributed by atoms with van der Waals surface area (Å²) in [6.45, 7) is 19.5. The molecule has 12 aromatic rings. The summed E-state index contributed by atoms with van der Waals surface area (Å²) >= 11 is 0. The lowest BCUT2D eigenvalue weighted by Gasteiger charge is -2.22. The highest BCUT2D eigenvalue weighted by atomic mass is 19.1. The maximum absolute atomic E-state index is 14.2. The van der Waals surface area contributed by atoms with E-state index in [0.29, 0.717) is 78.4 Å². The van der Waals surface area contributed by atoms with Crippen LogP contribution in [-0.2, 0) is 51.8 Å². The zero-order valence-corrected chi connectivity index (χ0v) is 78.8. The van der Waals surface area contributed by atoms with Crippen LogP contribution in [0.5, 0.6) is 69.0 Å². The number of hydrogen-bond donors (Lipinski definition) is 8. The number of halogens is 2. The van der Waals surface area contributed by atoms with Crippen LogP contribution in [0.4, 0.5) is 14.5 Å². The molecule has 0 bridgehead atoms. The lowest BCUT2D eigenvalue weighted by Crippen LogP contribution is -2.26. The number of aryl methyl sites for hydroxylation is 1.